The van der Waals surface area contributed by atoms with Crippen LogP contribution < -0.4 is 10.6 Å². The topological polar surface area (TPSA) is 80.6 Å². The number of amides is 2. The summed E-state index contributed by atoms with van der Waals surface area (Å²) >= 11 is 0. The quantitative estimate of drug-likeness (QED) is 0.698. The fraction of sp³-hybridized carbons (Fsp3) is 0.238. The van der Waals surface area contributed by atoms with Crippen LogP contribution in [0.5, 0.6) is 0 Å². The van der Waals surface area contributed by atoms with Crippen LogP contribution in [0.25, 0.3) is 11.0 Å². The Labute approximate surface area is 156 Å². The van der Waals surface area contributed by atoms with Crippen molar-refractivity contribution in [3.05, 3.63) is 65.4 Å². The molecule has 27 heavy (non-hydrogen) atoms. The molecular formula is C21H20N2O4. The second-order valence-corrected chi connectivity index (χ2v) is 6.59. The molecule has 3 aromatic rings. The number of fused-ring (bicyclic) bond motifs is 1. The van der Waals surface area contributed by atoms with Crippen LogP contribution in [0.4, 0.5) is 5.69 Å². The lowest BCUT2D eigenvalue weighted by atomic mass is 10.1. The minimum absolute atomic E-state index is 0.185. The summed E-state index contributed by atoms with van der Waals surface area (Å²) < 4.78 is 11.0. The lowest BCUT2D eigenvalue weighted by molar-refractivity contribution is 0.0952. The van der Waals surface area contributed by atoms with Gasteiger partial charge in [-0.05, 0) is 31.0 Å². The summed E-state index contributed by atoms with van der Waals surface area (Å²) in [5.41, 5.74) is 2.19. The summed E-state index contributed by atoms with van der Waals surface area (Å²) in [6.45, 7) is 0.254. The fourth-order valence-corrected chi connectivity index (χ4v) is 3.03. The summed E-state index contributed by atoms with van der Waals surface area (Å²) in [6, 6.07) is 14.6. The van der Waals surface area contributed by atoms with Crippen molar-refractivity contribution in [2.45, 2.75) is 25.5 Å². The number of ether oxygens (including phenoxy) is 1. The van der Waals surface area contributed by atoms with E-state index in [1.165, 1.54) is 0 Å². The molecule has 4 rings (SSSR count). The number of carbonyl (C=O) groups is 2. The maximum atomic E-state index is 12.9. The normalized spacial score (nSPS) is 13.5. The Morgan fingerprint density at radius 2 is 1.81 bits per heavy atom. The minimum Gasteiger partial charge on any atom is -0.451 e. The van der Waals surface area contributed by atoms with Crippen molar-refractivity contribution in [2.75, 3.05) is 12.4 Å². The summed E-state index contributed by atoms with van der Waals surface area (Å²) in [5, 5.41) is 6.59. The van der Waals surface area contributed by atoms with E-state index in [2.05, 4.69) is 10.6 Å². The molecule has 0 atom stereocenters. The number of methoxy groups -OCH3 is 1. The van der Waals surface area contributed by atoms with Crippen LogP contribution in [0, 0.1) is 0 Å². The van der Waals surface area contributed by atoms with E-state index in [0.29, 0.717) is 22.4 Å². The molecule has 0 spiro atoms. The van der Waals surface area contributed by atoms with E-state index < -0.39 is 5.91 Å². The van der Waals surface area contributed by atoms with Gasteiger partial charge in [0.15, 0.2) is 5.76 Å². The first-order valence-corrected chi connectivity index (χ1v) is 8.88. The summed E-state index contributed by atoms with van der Waals surface area (Å²) in [5.74, 6) is -0.407. The Morgan fingerprint density at radius 1 is 1.07 bits per heavy atom. The highest BCUT2D eigenvalue weighted by Gasteiger charge is 2.26. The maximum absolute atomic E-state index is 12.9. The van der Waals surface area contributed by atoms with Crippen molar-refractivity contribution in [1.82, 2.24) is 5.32 Å². The number of nitrogens with one attached hydrogen (secondary N) is 2. The average Bonchev–Trinajstić information content (AvgIpc) is 3.42. The van der Waals surface area contributed by atoms with Gasteiger partial charge in [-0.3, -0.25) is 9.59 Å². The molecule has 6 heteroatoms. The monoisotopic (exact) mass is 364 g/mol. The number of para-hydroxylation sites is 2. The van der Waals surface area contributed by atoms with Gasteiger partial charge in [0.25, 0.3) is 11.8 Å². The predicted molar refractivity (Wildman–Crippen MR) is 102 cm³/mol. The smallest absolute Gasteiger partial charge is 0.291 e. The molecule has 138 valence electrons. The predicted octanol–water partition coefficient (Wildman–Crippen LogP) is 3.72. The number of hydrogen-bond acceptors (Lipinski definition) is 4. The Morgan fingerprint density at radius 3 is 2.59 bits per heavy atom. The van der Waals surface area contributed by atoms with Crippen LogP contribution in [-0.4, -0.2) is 25.0 Å². The van der Waals surface area contributed by atoms with Gasteiger partial charge in [-0.15, -0.1) is 0 Å². The number of rotatable bonds is 6. The molecule has 1 saturated carbocycles. The Bertz CT molecular complexity index is 1000. The largest absolute Gasteiger partial charge is 0.451 e. The Kier molecular flexibility index (Phi) is 4.64. The molecule has 2 aromatic carbocycles. The summed E-state index contributed by atoms with van der Waals surface area (Å²) in [7, 11) is 1.57. The first-order chi connectivity index (χ1) is 13.2. The van der Waals surface area contributed by atoms with E-state index in [1.54, 1.807) is 31.4 Å². The number of carbonyl (C=O) groups excluding carboxylic acids is 2. The van der Waals surface area contributed by atoms with E-state index in [4.69, 9.17) is 9.15 Å². The van der Waals surface area contributed by atoms with E-state index in [9.17, 15) is 9.59 Å². The minimum atomic E-state index is -0.412. The molecule has 2 amide bonds. The van der Waals surface area contributed by atoms with Gasteiger partial charge >= 0.3 is 0 Å². The van der Waals surface area contributed by atoms with Crippen molar-refractivity contribution in [2.24, 2.45) is 0 Å². The van der Waals surface area contributed by atoms with Crippen LogP contribution in [-0.2, 0) is 11.3 Å². The SMILES string of the molecule is COCc1c(C(=O)Nc2ccccc2C(=O)NC2CC2)oc2ccccc12. The molecule has 2 N–H and O–H groups in total. The van der Waals surface area contributed by atoms with Gasteiger partial charge < -0.3 is 19.8 Å². The second kappa shape index (κ2) is 7.25. The highest BCUT2D eigenvalue weighted by atomic mass is 16.5. The van der Waals surface area contributed by atoms with Crippen molar-refractivity contribution in [1.29, 1.82) is 0 Å². The van der Waals surface area contributed by atoms with E-state index >= 15 is 0 Å². The van der Waals surface area contributed by atoms with Crippen molar-refractivity contribution in [3.8, 4) is 0 Å². The molecule has 0 radical (unpaired) electrons. The fourth-order valence-electron chi connectivity index (χ4n) is 3.03. The van der Waals surface area contributed by atoms with Crippen LogP contribution in [0.3, 0.4) is 0 Å². The first kappa shape index (κ1) is 17.3. The zero-order chi connectivity index (χ0) is 18.8. The van der Waals surface area contributed by atoms with E-state index in [0.717, 1.165) is 18.2 Å². The molecule has 1 aliphatic carbocycles. The molecule has 1 heterocycles. The zero-order valence-electron chi connectivity index (χ0n) is 15.0. The van der Waals surface area contributed by atoms with Gasteiger partial charge in [0, 0.05) is 24.1 Å². The van der Waals surface area contributed by atoms with Crippen LogP contribution >= 0.6 is 0 Å². The van der Waals surface area contributed by atoms with Crippen LogP contribution in [0.2, 0.25) is 0 Å². The van der Waals surface area contributed by atoms with E-state index in [1.807, 2.05) is 24.3 Å². The van der Waals surface area contributed by atoms with E-state index in [-0.39, 0.29) is 24.3 Å². The third-order valence-corrected chi connectivity index (χ3v) is 4.53. The molecule has 0 aliphatic heterocycles. The van der Waals surface area contributed by atoms with Crippen LogP contribution in [0.15, 0.2) is 52.9 Å². The highest BCUT2D eigenvalue weighted by molar-refractivity contribution is 6.10. The molecule has 0 bridgehead atoms. The van der Waals surface area contributed by atoms with Crippen molar-refractivity contribution < 1.29 is 18.7 Å². The van der Waals surface area contributed by atoms with Gasteiger partial charge in [-0.2, -0.15) is 0 Å². The van der Waals surface area contributed by atoms with Gasteiger partial charge in [-0.25, -0.2) is 0 Å². The van der Waals surface area contributed by atoms with Crippen molar-refractivity contribution in [3.63, 3.8) is 0 Å². The maximum Gasteiger partial charge on any atom is 0.291 e. The molecule has 0 saturated heterocycles. The van der Waals surface area contributed by atoms with Gasteiger partial charge in [0.1, 0.15) is 5.58 Å². The summed E-state index contributed by atoms with van der Waals surface area (Å²) in [4.78, 5) is 25.3. The summed E-state index contributed by atoms with van der Waals surface area (Å²) in [6.07, 6.45) is 2.00. The average molecular weight is 364 g/mol. The zero-order valence-corrected chi connectivity index (χ0v) is 15.0. The number of benzene rings is 2. The third kappa shape index (κ3) is 3.57. The first-order valence-electron chi connectivity index (χ1n) is 8.88. The lowest BCUT2D eigenvalue weighted by Gasteiger charge is -2.11. The Balaban J connectivity index is 1.64. The molecular weight excluding hydrogens is 344 g/mol. The third-order valence-electron chi connectivity index (χ3n) is 4.53. The van der Waals surface area contributed by atoms with Gasteiger partial charge in [0.2, 0.25) is 0 Å². The van der Waals surface area contributed by atoms with Gasteiger partial charge in [-0.1, -0.05) is 30.3 Å². The van der Waals surface area contributed by atoms with Crippen LogP contribution in [0.1, 0.15) is 39.3 Å². The molecule has 1 aromatic heterocycles. The lowest BCUT2D eigenvalue weighted by Crippen LogP contribution is -2.27. The van der Waals surface area contributed by atoms with Gasteiger partial charge in [0.05, 0.1) is 17.9 Å². The molecule has 1 fully saturated rings. The number of furan rings is 1. The number of hydrogen-bond donors (Lipinski definition) is 2. The van der Waals surface area contributed by atoms with Crippen molar-refractivity contribution >= 4 is 28.5 Å². The molecule has 0 unspecified atom stereocenters. The standard InChI is InChI=1S/C21H20N2O4/c1-26-12-16-14-6-3-5-9-18(14)27-19(16)21(25)23-17-8-4-2-7-15(17)20(24)22-13-10-11-13/h2-9,13H,10-12H2,1H3,(H,22,24)(H,23,25). The highest BCUT2D eigenvalue weighted by Crippen LogP contribution is 2.28. The molecule has 1 aliphatic rings. The number of anilines is 1. The molecule has 6 nitrogen and oxygen atoms in total. The second-order valence-electron chi connectivity index (χ2n) is 6.59. The Hall–Kier alpha value is -3.12.